The van der Waals surface area contributed by atoms with Crippen LogP contribution in [0.3, 0.4) is 0 Å². The summed E-state index contributed by atoms with van der Waals surface area (Å²) in [5.41, 5.74) is 4.81. The van der Waals surface area contributed by atoms with Crippen molar-refractivity contribution in [3.05, 3.63) is 10.7 Å². The van der Waals surface area contributed by atoms with Crippen LogP contribution in [0.15, 0.2) is 10.7 Å². The first kappa shape index (κ1) is 12.5. The van der Waals surface area contributed by atoms with E-state index in [9.17, 15) is 4.79 Å². The maximum atomic E-state index is 10.3. The predicted octanol–water partition coefficient (Wildman–Crippen LogP) is 0.788. The number of nitrogens with one attached hydrogen (secondary N) is 2. The number of amides is 1. The Bertz CT molecular complexity index is 373. The van der Waals surface area contributed by atoms with Crippen LogP contribution < -0.4 is 16.4 Å². The van der Waals surface area contributed by atoms with Crippen molar-refractivity contribution in [2.75, 3.05) is 30.8 Å². The molecule has 1 aromatic rings. The van der Waals surface area contributed by atoms with Gasteiger partial charge < -0.3 is 21.1 Å². The van der Waals surface area contributed by atoms with E-state index in [1.165, 1.54) is 0 Å². The Morgan fingerprint density at radius 3 is 3.06 bits per heavy atom. The van der Waals surface area contributed by atoms with Gasteiger partial charge in [0.15, 0.2) is 0 Å². The Hall–Kier alpha value is -1.57. The van der Waals surface area contributed by atoms with E-state index >= 15 is 0 Å². The second-order valence-electron chi connectivity index (χ2n) is 2.73. The number of nitrogens with zero attached hydrogens (tertiary/aromatic N) is 2. The maximum absolute atomic E-state index is 10.3. The van der Waals surface area contributed by atoms with Crippen LogP contribution in [0.4, 0.5) is 16.6 Å². The van der Waals surface area contributed by atoms with Crippen LogP contribution in [0, 0.1) is 0 Å². The first-order chi connectivity index (χ1) is 7.63. The van der Waals surface area contributed by atoms with Crippen molar-refractivity contribution >= 4 is 33.8 Å². The van der Waals surface area contributed by atoms with Crippen LogP contribution in [0.5, 0.6) is 0 Å². The number of carbonyl (C=O) groups excluding carboxylic acids is 1. The lowest BCUT2D eigenvalue weighted by atomic mass is 10.5. The molecule has 7 nitrogen and oxygen atoms in total. The number of rotatable bonds is 5. The van der Waals surface area contributed by atoms with E-state index in [1.54, 1.807) is 13.2 Å². The Morgan fingerprint density at radius 2 is 2.44 bits per heavy atom. The SMILES string of the molecule is CNc1ncc(Br)c(NCCOC(N)=O)n1. The van der Waals surface area contributed by atoms with E-state index in [0.717, 1.165) is 4.47 Å². The third-order valence-electron chi connectivity index (χ3n) is 1.61. The van der Waals surface area contributed by atoms with Crippen LogP contribution >= 0.6 is 15.9 Å². The zero-order chi connectivity index (χ0) is 12.0. The van der Waals surface area contributed by atoms with E-state index < -0.39 is 6.09 Å². The molecule has 0 saturated carbocycles. The average Bonchev–Trinajstić information content (AvgIpc) is 2.26. The summed E-state index contributed by atoms with van der Waals surface area (Å²) in [4.78, 5) is 18.5. The lowest BCUT2D eigenvalue weighted by molar-refractivity contribution is 0.161. The quantitative estimate of drug-likeness (QED) is 0.693. The van der Waals surface area contributed by atoms with Crippen molar-refractivity contribution in [2.24, 2.45) is 5.73 Å². The number of nitrogens with two attached hydrogens (primary N) is 1. The highest BCUT2D eigenvalue weighted by molar-refractivity contribution is 9.10. The molecule has 88 valence electrons. The van der Waals surface area contributed by atoms with E-state index in [0.29, 0.717) is 18.3 Å². The van der Waals surface area contributed by atoms with Gasteiger partial charge in [0.05, 0.1) is 11.0 Å². The molecule has 4 N–H and O–H groups in total. The highest BCUT2D eigenvalue weighted by Crippen LogP contribution is 2.19. The molecule has 0 aliphatic carbocycles. The largest absolute Gasteiger partial charge is 0.448 e. The highest BCUT2D eigenvalue weighted by Gasteiger charge is 2.03. The van der Waals surface area contributed by atoms with Gasteiger partial charge in [-0.05, 0) is 15.9 Å². The number of carbonyl (C=O) groups is 1. The van der Waals surface area contributed by atoms with Crippen molar-refractivity contribution in [3.63, 3.8) is 0 Å². The molecular weight excluding hydrogens is 278 g/mol. The first-order valence-corrected chi connectivity index (χ1v) is 5.29. The maximum Gasteiger partial charge on any atom is 0.404 e. The summed E-state index contributed by atoms with van der Waals surface area (Å²) in [7, 11) is 1.73. The van der Waals surface area contributed by atoms with Crippen LogP contribution in [0.2, 0.25) is 0 Å². The molecule has 0 unspecified atom stereocenters. The summed E-state index contributed by atoms with van der Waals surface area (Å²) in [6, 6.07) is 0. The number of halogens is 1. The van der Waals surface area contributed by atoms with Crippen LogP contribution in [-0.2, 0) is 4.74 Å². The zero-order valence-corrected chi connectivity index (χ0v) is 10.2. The van der Waals surface area contributed by atoms with Gasteiger partial charge in [-0.1, -0.05) is 0 Å². The molecule has 1 rings (SSSR count). The van der Waals surface area contributed by atoms with Gasteiger partial charge >= 0.3 is 6.09 Å². The smallest absolute Gasteiger partial charge is 0.404 e. The normalized spacial score (nSPS) is 9.62. The van der Waals surface area contributed by atoms with E-state index in [4.69, 9.17) is 5.73 Å². The van der Waals surface area contributed by atoms with Crippen molar-refractivity contribution in [1.82, 2.24) is 9.97 Å². The number of primary amides is 1. The lowest BCUT2D eigenvalue weighted by Crippen LogP contribution is -2.19. The molecule has 0 spiro atoms. The Balaban J connectivity index is 2.49. The fourth-order valence-corrected chi connectivity index (χ4v) is 1.26. The summed E-state index contributed by atoms with van der Waals surface area (Å²) >= 11 is 3.29. The topological polar surface area (TPSA) is 102 Å². The second-order valence-corrected chi connectivity index (χ2v) is 3.59. The fourth-order valence-electron chi connectivity index (χ4n) is 0.933. The molecule has 0 aliphatic rings. The molecule has 0 aromatic carbocycles. The van der Waals surface area contributed by atoms with E-state index in [-0.39, 0.29) is 6.61 Å². The molecule has 1 amide bonds. The molecule has 0 atom stereocenters. The molecule has 1 aromatic heterocycles. The standard InChI is InChI=1S/C8H12BrN5O2/c1-11-8-13-4-5(9)6(14-8)12-2-3-16-7(10)15/h4H,2-3H2,1H3,(H2,10,15)(H2,11,12,13,14). The summed E-state index contributed by atoms with van der Waals surface area (Å²) in [5.74, 6) is 1.12. The van der Waals surface area contributed by atoms with Crippen molar-refractivity contribution in [2.45, 2.75) is 0 Å². The van der Waals surface area contributed by atoms with Crippen LogP contribution in [0.1, 0.15) is 0 Å². The molecule has 0 fully saturated rings. The molecular formula is C8H12BrN5O2. The van der Waals surface area contributed by atoms with Crippen LogP contribution in [0.25, 0.3) is 0 Å². The number of ether oxygens (including phenoxy) is 1. The van der Waals surface area contributed by atoms with E-state index in [2.05, 4.69) is 41.3 Å². The van der Waals surface area contributed by atoms with Crippen molar-refractivity contribution < 1.29 is 9.53 Å². The van der Waals surface area contributed by atoms with Gasteiger partial charge in [0.25, 0.3) is 0 Å². The Labute approximate surface area is 101 Å². The molecule has 8 heteroatoms. The summed E-state index contributed by atoms with van der Waals surface area (Å²) in [5, 5.41) is 5.79. The highest BCUT2D eigenvalue weighted by atomic mass is 79.9. The van der Waals surface area contributed by atoms with Crippen molar-refractivity contribution in [1.29, 1.82) is 0 Å². The predicted molar refractivity (Wildman–Crippen MR) is 63.3 cm³/mol. The van der Waals surface area contributed by atoms with Gasteiger partial charge in [-0.3, -0.25) is 0 Å². The summed E-state index contributed by atoms with van der Waals surface area (Å²) in [6.07, 6.45) is 0.829. The Kier molecular flexibility index (Phi) is 4.77. The minimum atomic E-state index is -0.792. The van der Waals surface area contributed by atoms with Crippen molar-refractivity contribution in [3.8, 4) is 0 Å². The molecule has 0 radical (unpaired) electrons. The zero-order valence-electron chi connectivity index (χ0n) is 8.66. The number of hydrogen-bond donors (Lipinski definition) is 3. The van der Waals surface area contributed by atoms with Gasteiger partial charge in [0, 0.05) is 13.2 Å². The van der Waals surface area contributed by atoms with Gasteiger partial charge in [0.2, 0.25) is 5.95 Å². The number of anilines is 2. The fraction of sp³-hybridized carbons (Fsp3) is 0.375. The van der Waals surface area contributed by atoms with E-state index in [1.807, 2.05) is 0 Å². The molecule has 0 aliphatic heterocycles. The molecule has 0 bridgehead atoms. The third-order valence-corrected chi connectivity index (χ3v) is 2.19. The van der Waals surface area contributed by atoms with Gasteiger partial charge in [0.1, 0.15) is 12.4 Å². The minimum absolute atomic E-state index is 0.181. The lowest BCUT2D eigenvalue weighted by Gasteiger charge is -2.08. The minimum Gasteiger partial charge on any atom is -0.448 e. The number of aromatic nitrogens is 2. The summed E-state index contributed by atoms with van der Waals surface area (Å²) < 4.78 is 5.29. The van der Waals surface area contributed by atoms with Gasteiger partial charge in [-0.15, -0.1) is 0 Å². The van der Waals surface area contributed by atoms with Gasteiger partial charge in [-0.25, -0.2) is 9.78 Å². The average molecular weight is 290 g/mol. The Morgan fingerprint density at radius 1 is 1.69 bits per heavy atom. The molecule has 1 heterocycles. The summed E-state index contributed by atoms with van der Waals surface area (Å²) in [6.45, 7) is 0.600. The van der Waals surface area contributed by atoms with Gasteiger partial charge in [-0.2, -0.15) is 4.98 Å². The first-order valence-electron chi connectivity index (χ1n) is 4.50. The molecule has 0 saturated heterocycles. The number of hydrogen-bond acceptors (Lipinski definition) is 6. The third kappa shape index (κ3) is 3.89. The van der Waals surface area contributed by atoms with Crippen LogP contribution in [-0.4, -0.2) is 36.3 Å². The second kappa shape index (κ2) is 6.11. The molecule has 16 heavy (non-hydrogen) atoms. The monoisotopic (exact) mass is 289 g/mol.